The summed E-state index contributed by atoms with van der Waals surface area (Å²) in [5.74, 6) is -2.15. The maximum absolute atomic E-state index is 13.5. The lowest BCUT2D eigenvalue weighted by atomic mass is 10.0. The number of hydrogen-bond acceptors (Lipinski definition) is 2. The topological polar surface area (TPSA) is 29.5 Å². The minimum absolute atomic E-state index is 0.0515. The summed E-state index contributed by atoms with van der Waals surface area (Å²) in [6, 6.07) is 3.82. The fourth-order valence-electron chi connectivity index (χ4n) is 1.13. The van der Waals surface area contributed by atoms with E-state index in [1.165, 1.54) is 12.1 Å². The Morgan fingerprint density at radius 1 is 1.40 bits per heavy atom. The van der Waals surface area contributed by atoms with Crippen LogP contribution in [0.5, 0.6) is 5.75 Å². The average Bonchev–Trinajstić information content (AvgIpc) is 2.19. The standard InChI is InChI=1S/C10H10F3O2/c1-6(5-14)7-3-2-4-8(9(7)11)15-10(12)13/h2-4,6,10,14H,1,5H2. The second kappa shape index (κ2) is 5.02. The lowest BCUT2D eigenvalue weighted by Crippen LogP contribution is -2.07. The monoisotopic (exact) mass is 219 g/mol. The summed E-state index contributed by atoms with van der Waals surface area (Å²) in [5.41, 5.74) is 0.0515. The van der Waals surface area contributed by atoms with Crippen molar-refractivity contribution in [3.05, 3.63) is 36.5 Å². The molecule has 0 saturated heterocycles. The molecule has 0 saturated carbocycles. The van der Waals surface area contributed by atoms with Crippen LogP contribution in [0.25, 0.3) is 0 Å². The van der Waals surface area contributed by atoms with Crippen molar-refractivity contribution in [2.45, 2.75) is 12.5 Å². The van der Waals surface area contributed by atoms with E-state index >= 15 is 0 Å². The molecule has 1 rings (SSSR count). The molecule has 0 aromatic heterocycles. The zero-order valence-electron chi connectivity index (χ0n) is 7.79. The molecule has 0 bridgehead atoms. The highest BCUT2D eigenvalue weighted by Gasteiger charge is 2.16. The second-order valence-corrected chi connectivity index (χ2v) is 2.92. The molecule has 1 aromatic carbocycles. The normalized spacial score (nSPS) is 12.9. The molecule has 0 aliphatic rings. The van der Waals surface area contributed by atoms with Crippen LogP contribution in [0.4, 0.5) is 13.2 Å². The Morgan fingerprint density at radius 3 is 2.60 bits per heavy atom. The van der Waals surface area contributed by atoms with Gasteiger partial charge in [-0.25, -0.2) is 4.39 Å². The number of alkyl halides is 2. The fourth-order valence-corrected chi connectivity index (χ4v) is 1.13. The number of halogens is 3. The van der Waals surface area contributed by atoms with Crippen LogP contribution >= 0.6 is 0 Å². The van der Waals surface area contributed by atoms with Crippen molar-refractivity contribution in [2.24, 2.45) is 0 Å². The third-order valence-corrected chi connectivity index (χ3v) is 1.87. The number of aliphatic hydroxyl groups is 1. The predicted molar refractivity (Wildman–Crippen MR) is 48.2 cm³/mol. The van der Waals surface area contributed by atoms with Gasteiger partial charge in [-0.15, -0.1) is 0 Å². The van der Waals surface area contributed by atoms with Gasteiger partial charge >= 0.3 is 6.61 Å². The van der Waals surface area contributed by atoms with E-state index in [4.69, 9.17) is 5.11 Å². The molecule has 0 spiro atoms. The molecule has 1 unspecified atom stereocenters. The summed E-state index contributed by atoms with van der Waals surface area (Å²) in [6.07, 6.45) is 0. The van der Waals surface area contributed by atoms with Crippen molar-refractivity contribution in [2.75, 3.05) is 6.61 Å². The van der Waals surface area contributed by atoms with E-state index < -0.39 is 24.1 Å². The summed E-state index contributed by atoms with van der Waals surface area (Å²) in [7, 11) is 0. The van der Waals surface area contributed by atoms with Gasteiger partial charge in [0.15, 0.2) is 11.6 Å². The highest BCUT2D eigenvalue weighted by Crippen LogP contribution is 2.26. The average molecular weight is 219 g/mol. The van der Waals surface area contributed by atoms with Crippen LogP contribution in [0, 0.1) is 12.7 Å². The van der Waals surface area contributed by atoms with Gasteiger partial charge in [0.05, 0.1) is 6.61 Å². The molecule has 1 aromatic rings. The van der Waals surface area contributed by atoms with Crippen LogP contribution in [-0.2, 0) is 0 Å². The first-order chi connectivity index (χ1) is 7.06. The predicted octanol–water partition coefficient (Wildman–Crippen LogP) is 2.34. The van der Waals surface area contributed by atoms with Gasteiger partial charge in [-0.2, -0.15) is 8.78 Å². The van der Waals surface area contributed by atoms with E-state index in [1.54, 1.807) is 0 Å². The molecule has 1 radical (unpaired) electrons. The summed E-state index contributed by atoms with van der Waals surface area (Å²) < 4.78 is 41.1. The second-order valence-electron chi connectivity index (χ2n) is 2.92. The summed E-state index contributed by atoms with van der Waals surface area (Å²) in [6.45, 7) is 0.0321. The van der Waals surface area contributed by atoms with Gasteiger partial charge in [-0.3, -0.25) is 0 Å². The summed E-state index contributed by atoms with van der Waals surface area (Å²) in [4.78, 5) is 0. The molecule has 0 heterocycles. The van der Waals surface area contributed by atoms with Crippen LogP contribution in [-0.4, -0.2) is 18.3 Å². The third-order valence-electron chi connectivity index (χ3n) is 1.87. The van der Waals surface area contributed by atoms with E-state index in [0.717, 1.165) is 6.07 Å². The highest BCUT2D eigenvalue weighted by atomic mass is 19.3. The van der Waals surface area contributed by atoms with E-state index in [2.05, 4.69) is 11.7 Å². The van der Waals surface area contributed by atoms with Crippen molar-refractivity contribution < 1.29 is 23.0 Å². The Hall–Kier alpha value is -1.23. The zero-order chi connectivity index (χ0) is 11.4. The Bertz CT molecular complexity index is 328. The smallest absolute Gasteiger partial charge is 0.387 e. The molecule has 0 aliphatic heterocycles. The fraction of sp³-hybridized carbons (Fsp3) is 0.300. The molecule has 15 heavy (non-hydrogen) atoms. The molecular formula is C10H10F3O2. The van der Waals surface area contributed by atoms with Crippen LogP contribution in [0.2, 0.25) is 0 Å². The SMILES string of the molecule is [CH2]C(CO)c1cccc(OC(F)F)c1F. The maximum atomic E-state index is 13.5. The first kappa shape index (κ1) is 11.8. The molecular weight excluding hydrogens is 209 g/mol. The summed E-state index contributed by atoms with van der Waals surface area (Å²) >= 11 is 0. The van der Waals surface area contributed by atoms with Crippen molar-refractivity contribution in [1.29, 1.82) is 0 Å². The number of aliphatic hydroxyl groups excluding tert-OH is 1. The summed E-state index contributed by atoms with van der Waals surface area (Å²) in [5, 5.41) is 8.77. The van der Waals surface area contributed by atoms with E-state index in [9.17, 15) is 13.2 Å². The van der Waals surface area contributed by atoms with Crippen LogP contribution < -0.4 is 4.74 Å². The highest BCUT2D eigenvalue weighted by molar-refractivity contribution is 5.33. The van der Waals surface area contributed by atoms with Crippen LogP contribution in [0.1, 0.15) is 11.5 Å². The molecule has 0 aliphatic carbocycles. The maximum Gasteiger partial charge on any atom is 0.387 e. The number of ether oxygens (including phenoxy) is 1. The minimum atomic E-state index is -3.08. The van der Waals surface area contributed by atoms with Crippen molar-refractivity contribution in [1.82, 2.24) is 0 Å². The molecule has 1 atom stereocenters. The van der Waals surface area contributed by atoms with E-state index in [0.29, 0.717) is 0 Å². The van der Waals surface area contributed by atoms with Gasteiger partial charge in [0.25, 0.3) is 0 Å². The Labute approximate surface area is 85.3 Å². The van der Waals surface area contributed by atoms with E-state index in [1.807, 2.05) is 0 Å². The zero-order valence-corrected chi connectivity index (χ0v) is 7.79. The van der Waals surface area contributed by atoms with Gasteiger partial charge in [-0.1, -0.05) is 12.1 Å². The quantitative estimate of drug-likeness (QED) is 0.842. The third kappa shape index (κ3) is 2.86. The minimum Gasteiger partial charge on any atom is -0.432 e. The Morgan fingerprint density at radius 2 is 2.07 bits per heavy atom. The number of hydrogen-bond donors (Lipinski definition) is 1. The molecule has 1 N–H and O–H groups in total. The molecule has 0 amide bonds. The van der Waals surface area contributed by atoms with Crippen molar-refractivity contribution >= 4 is 0 Å². The number of benzene rings is 1. The Kier molecular flexibility index (Phi) is 3.96. The molecule has 2 nitrogen and oxygen atoms in total. The molecule has 83 valence electrons. The van der Waals surface area contributed by atoms with Gasteiger partial charge in [0.1, 0.15) is 0 Å². The van der Waals surface area contributed by atoms with Gasteiger partial charge in [-0.05, 0) is 18.6 Å². The first-order valence-electron chi connectivity index (χ1n) is 4.23. The Balaban J connectivity index is 3.00. The first-order valence-corrected chi connectivity index (χ1v) is 4.23. The lowest BCUT2D eigenvalue weighted by Gasteiger charge is -2.12. The van der Waals surface area contributed by atoms with Gasteiger partial charge < -0.3 is 9.84 Å². The van der Waals surface area contributed by atoms with Gasteiger partial charge in [0.2, 0.25) is 0 Å². The van der Waals surface area contributed by atoms with E-state index in [-0.39, 0.29) is 12.2 Å². The van der Waals surface area contributed by atoms with Gasteiger partial charge in [0, 0.05) is 5.92 Å². The molecule has 0 fully saturated rings. The number of rotatable bonds is 4. The van der Waals surface area contributed by atoms with Crippen LogP contribution in [0.15, 0.2) is 18.2 Å². The van der Waals surface area contributed by atoms with Crippen molar-refractivity contribution in [3.63, 3.8) is 0 Å². The van der Waals surface area contributed by atoms with Crippen molar-refractivity contribution in [3.8, 4) is 5.75 Å². The molecule has 5 heteroatoms. The largest absolute Gasteiger partial charge is 0.432 e. The van der Waals surface area contributed by atoms with Crippen LogP contribution in [0.3, 0.4) is 0 Å². The lowest BCUT2D eigenvalue weighted by molar-refractivity contribution is -0.0522.